The van der Waals surface area contributed by atoms with Gasteiger partial charge in [0.25, 0.3) is 0 Å². The molecule has 0 saturated carbocycles. The van der Waals surface area contributed by atoms with Gasteiger partial charge in [0.1, 0.15) is 0 Å². The lowest BCUT2D eigenvalue weighted by Crippen LogP contribution is -2.24. The average Bonchev–Trinajstić information content (AvgIpc) is 3.12. The monoisotopic (exact) mass is 395 g/mol. The highest BCUT2D eigenvalue weighted by atomic mass is 32.1. The van der Waals surface area contributed by atoms with E-state index in [1.165, 1.54) is 21.0 Å². The van der Waals surface area contributed by atoms with Crippen LogP contribution in [0.25, 0.3) is 10.2 Å². The highest BCUT2D eigenvalue weighted by Crippen LogP contribution is 2.22. The third kappa shape index (κ3) is 6.06. The smallest absolute Gasteiger partial charge is 0.219 e. The fourth-order valence-corrected chi connectivity index (χ4v) is 4.17. The van der Waals surface area contributed by atoms with Gasteiger partial charge in [-0.15, -0.1) is 11.3 Å². The van der Waals surface area contributed by atoms with Crippen LogP contribution in [0.2, 0.25) is 0 Å². The molecule has 0 atom stereocenters. The first kappa shape index (κ1) is 20.3. The summed E-state index contributed by atoms with van der Waals surface area (Å²) in [6, 6.07) is 16.8. The molecule has 1 N–H and O–H groups in total. The van der Waals surface area contributed by atoms with E-state index >= 15 is 0 Å². The minimum atomic E-state index is 0.159. The predicted octanol–water partition coefficient (Wildman–Crippen LogP) is 4.82. The van der Waals surface area contributed by atoms with Gasteiger partial charge >= 0.3 is 0 Å². The quantitative estimate of drug-likeness (QED) is 0.500. The Hall–Kier alpha value is -2.40. The number of benzene rings is 2. The van der Waals surface area contributed by atoms with Crippen LogP contribution in [0.4, 0.5) is 5.69 Å². The molecule has 0 bridgehead atoms. The molecule has 5 heteroatoms. The number of unbranched alkanes of at least 4 members (excludes halogenated alkanes) is 1. The summed E-state index contributed by atoms with van der Waals surface area (Å²) in [7, 11) is 4.09. The summed E-state index contributed by atoms with van der Waals surface area (Å²) in [6.07, 6.45) is 5.43. The number of anilines is 1. The third-order valence-electron chi connectivity index (χ3n) is 4.80. The van der Waals surface area contributed by atoms with Crippen molar-refractivity contribution in [2.45, 2.75) is 38.5 Å². The van der Waals surface area contributed by atoms with Gasteiger partial charge in [0.2, 0.25) is 5.91 Å². The summed E-state index contributed by atoms with van der Waals surface area (Å²) in [5.41, 5.74) is 3.61. The van der Waals surface area contributed by atoms with Gasteiger partial charge in [-0.3, -0.25) is 4.79 Å². The van der Waals surface area contributed by atoms with Crippen LogP contribution in [0.3, 0.4) is 0 Å². The van der Waals surface area contributed by atoms with Crippen LogP contribution >= 0.6 is 11.3 Å². The summed E-state index contributed by atoms with van der Waals surface area (Å²) in [5.74, 6) is 0.159. The van der Waals surface area contributed by atoms with Crippen LogP contribution in [0.15, 0.2) is 48.5 Å². The molecule has 0 saturated heterocycles. The zero-order chi connectivity index (χ0) is 19.8. The van der Waals surface area contributed by atoms with Gasteiger partial charge in [-0.05, 0) is 61.9 Å². The second-order valence-corrected chi connectivity index (χ2v) is 8.41. The molecule has 1 aromatic heterocycles. The Balaban J connectivity index is 1.27. The molecule has 0 aliphatic heterocycles. The summed E-state index contributed by atoms with van der Waals surface area (Å²) in [5, 5.41) is 4.21. The summed E-state index contributed by atoms with van der Waals surface area (Å²) in [6.45, 7) is 0.742. The molecule has 4 nitrogen and oxygen atoms in total. The van der Waals surface area contributed by atoms with Crippen LogP contribution < -0.4 is 10.2 Å². The van der Waals surface area contributed by atoms with Gasteiger partial charge in [0, 0.05) is 32.7 Å². The van der Waals surface area contributed by atoms with Crippen molar-refractivity contribution >= 4 is 33.1 Å². The van der Waals surface area contributed by atoms with Crippen molar-refractivity contribution in [2.24, 2.45) is 0 Å². The Morgan fingerprint density at radius 2 is 1.79 bits per heavy atom. The Kier molecular flexibility index (Phi) is 7.43. The molecule has 0 unspecified atom stereocenters. The zero-order valence-electron chi connectivity index (χ0n) is 16.8. The Labute approximate surface area is 171 Å². The summed E-state index contributed by atoms with van der Waals surface area (Å²) in [4.78, 5) is 18.7. The molecule has 0 spiro atoms. The second-order valence-electron chi connectivity index (χ2n) is 7.30. The number of fused-ring (bicyclic) bond motifs is 1. The number of hydrogen-bond acceptors (Lipinski definition) is 4. The van der Waals surface area contributed by atoms with Crippen molar-refractivity contribution in [3.8, 4) is 0 Å². The number of rotatable bonds is 10. The first-order valence-corrected chi connectivity index (χ1v) is 10.8. The van der Waals surface area contributed by atoms with E-state index in [2.05, 4.69) is 51.6 Å². The van der Waals surface area contributed by atoms with E-state index < -0.39 is 0 Å². The van der Waals surface area contributed by atoms with E-state index in [0.29, 0.717) is 6.42 Å². The van der Waals surface area contributed by atoms with Gasteiger partial charge in [-0.25, -0.2) is 4.98 Å². The van der Waals surface area contributed by atoms with Crippen LogP contribution in [-0.2, 0) is 17.6 Å². The number of aryl methyl sites for hydroxylation is 2. The SMILES string of the molecule is CN(C)c1ccc(CCCNC(=O)CCCCc2nc3ccccc3s2)cc1. The predicted molar refractivity (Wildman–Crippen MR) is 119 cm³/mol. The number of carbonyl (C=O) groups excluding carboxylic acids is 1. The number of nitrogens with zero attached hydrogens (tertiary/aromatic N) is 2. The summed E-state index contributed by atoms with van der Waals surface area (Å²) < 4.78 is 1.24. The molecule has 28 heavy (non-hydrogen) atoms. The van der Waals surface area contributed by atoms with Crippen LogP contribution in [0.1, 0.15) is 36.3 Å². The maximum absolute atomic E-state index is 12.0. The van der Waals surface area contributed by atoms with Crippen LogP contribution in [0, 0.1) is 0 Å². The van der Waals surface area contributed by atoms with Gasteiger partial charge < -0.3 is 10.2 Å². The van der Waals surface area contributed by atoms with Crippen molar-refractivity contribution in [2.75, 3.05) is 25.5 Å². The van der Waals surface area contributed by atoms with Crippen molar-refractivity contribution in [1.29, 1.82) is 0 Å². The lowest BCUT2D eigenvalue weighted by atomic mass is 10.1. The normalized spacial score (nSPS) is 10.9. The molecule has 0 aliphatic rings. The molecule has 3 rings (SSSR count). The molecule has 0 fully saturated rings. The molecule has 2 aromatic carbocycles. The molecule has 0 radical (unpaired) electrons. The van der Waals surface area contributed by atoms with Gasteiger partial charge in [-0.2, -0.15) is 0 Å². The standard InChI is InChI=1S/C23H29N3OS/c1-26(2)19-15-13-18(14-16-19)8-7-17-24-22(27)11-5-6-12-23-25-20-9-3-4-10-21(20)28-23/h3-4,9-10,13-16H,5-8,11-12,17H2,1-2H3,(H,24,27). The lowest BCUT2D eigenvalue weighted by Gasteiger charge is -2.12. The van der Waals surface area contributed by atoms with E-state index in [4.69, 9.17) is 0 Å². The highest BCUT2D eigenvalue weighted by Gasteiger charge is 2.05. The van der Waals surface area contributed by atoms with E-state index in [9.17, 15) is 4.79 Å². The van der Waals surface area contributed by atoms with E-state index in [1.54, 1.807) is 11.3 Å². The van der Waals surface area contributed by atoms with E-state index in [-0.39, 0.29) is 5.91 Å². The minimum absolute atomic E-state index is 0.159. The number of nitrogens with one attached hydrogen (secondary N) is 1. The zero-order valence-corrected chi connectivity index (χ0v) is 17.6. The Bertz CT molecular complexity index is 853. The molecule has 1 amide bonds. The highest BCUT2D eigenvalue weighted by molar-refractivity contribution is 7.18. The lowest BCUT2D eigenvalue weighted by molar-refractivity contribution is -0.121. The minimum Gasteiger partial charge on any atom is -0.378 e. The Morgan fingerprint density at radius 1 is 1.00 bits per heavy atom. The van der Waals surface area contributed by atoms with Crippen LogP contribution in [0.5, 0.6) is 0 Å². The van der Waals surface area contributed by atoms with E-state index in [1.807, 2.05) is 26.2 Å². The first-order valence-electron chi connectivity index (χ1n) is 9.99. The molecule has 3 aromatic rings. The molecular formula is C23H29N3OS. The number of aromatic nitrogens is 1. The number of thiazole rings is 1. The molecule has 148 valence electrons. The fourth-order valence-electron chi connectivity index (χ4n) is 3.16. The summed E-state index contributed by atoms with van der Waals surface area (Å²) >= 11 is 1.76. The van der Waals surface area contributed by atoms with Crippen molar-refractivity contribution in [3.63, 3.8) is 0 Å². The average molecular weight is 396 g/mol. The molecule has 0 aliphatic carbocycles. The number of hydrogen-bond donors (Lipinski definition) is 1. The largest absolute Gasteiger partial charge is 0.378 e. The maximum atomic E-state index is 12.0. The number of para-hydroxylation sites is 1. The molecular weight excluding hydrogens is 366 g/mol. The van der Waals surface area contributed by atoms with E-state index in [0.717, 1.165) is 44.2 Å². The van der Waals surface area contributed by atoms with Crippen molar-refractivity contribution in [1.82, 2.24) is 10.3 Å². The maximum Gasteiger partial charge on any atom is 0.219 e. The second kappa shape index (κ2) is 10.2. The van der Waals surface area contributed by atoms with Crippen molar-refractivity contribution < 1.29 is 4.79 Å². The van der Waals surface area contributed by atoms with Gasteiger partial charge in [0.05, 0.1) is 15.2 Å². The topological polar surface area (TPSA) is 45.2 Å². The fraction of sp³-hybridized carbons (Fsp3) is 0.391. The van der Waals surface area contributed by atoms with Crippen molar-refractivity contribution in [3.05, 3.63) is 59.1 Å². The molecule has 1 heterocycles. The van der Waals surface area contributed by atoms with Crippen LogP contribution in [-0.4, -0.2) is 31.5 Å². The Morgan fingerprint density at radius 3 is 2.54 bits per heavy atom. The van der Waals surface area contributed by atoms with Gasteiger partial charge in [0.15, 0.2) is 0 Å². The number of carbonyl (C=O) groups is 1. The third-order valence-corrected chi connectivity index (χ3v) is 5.90. The number of amides is 1. The van der Waals surface area contributed by atoms with Gasteiger partial charge in [-0.1, -0.05) is 24.3 Å². The first-order chi connectivity index (χ1) is 13.6.